The molecule has 0 aliphatic carbocycles. The molecule has 0 spiro atoms. The van der Waals surface area contributed by atoms with Gasteiger partial charge in [-0.05, 0) is 24.0 Å². The highest BCUT2D eigenvalue weighted by atomic mass is 16.3. The van der Waals surface area contributed by atoms with Crippen molar-refractivity contribution in [2.24, 2.45) is 5.92 Å². The van der Waals surface area contributed by atoms with Crippen LogP contribution in [0.3, 0.4) is 0 Å². The van der Waals surface area contributed by atoms with E-state index in [4.69, 9.17) is 4.98 Å². The molecule has 0 unspecified atom stereocenters. The first-order valence-electron chi connectivity index (χ1n) is 8.73. The Bertz CT molecular complexity index is 666. The Hall–Kier alpha value is -1.94. The predicted molar refractivity (Wildman–Crippen MR) is 97.3 cm³/mol. The summed E-state index contributed by atoms with van der Waals surface area (Å²) in [5.74, 6) is 2.48. The minimum Gasteiger partial charge on any atom is -0.396 e. The summed E-state index contributed by atoms with van der Waals surface area (Å²) in [4.78, 5) is 11.5. The number of aromatic nitrogens is 2. The van der Waals surface area contributed by atoms with Crippen LogP contribution in [0.4, 0.5) is 5.82 Å². The molecule has 1 aliphatic heterocycles. The van der Waals surface area contributed by atoms with Crippen LogP contribution in [0.25, 0.3) is 0 Å². The molecule has 1 aromatic heterocycles. The minimum atomic E-state index is -0.0608. The lowest BCUT2D eigenvalue weighted by atomic mass is 9.81. The Morgan fingerprint density at radius 2 is 1.92 bits per heavy atom. The fourth-order valence-electron chi connectivity index (χ4n) is 3.45. The van der Waals surface area contributed by atoms with Gasteiger partial charge in [-0.15, -0.1) is 0 Å². The summed E-state index contributed by atoms with van der Waals surface area (Å²) in [6.45, 7) is 8.37. The summed E-state index contributed by atoms with van der Waals surface area (Å²) in [7, 11) is 0. The molecule has 2 heterocycles. The van der Waals surface area contributed by atoms with Gasteiger partial charge in [0.05, 0.1) is 0 Å². The van der Waals surface area contributed by atoms with Gasteiger partial charge in [-0.3, -0.25) is 0 Å². The second-order valence-electron chi connectivity index (χ2n) is 7.68. The number of aliphatic hydroxyl groups excluding tert-OH is 1. The molecular formula is C20H27N3O. The zero-order valence-corrected chi connectivity index (χ0v) is 14.8. The number of rotatable bonds is 3. The molecule has 1 N–H and O–H groups in total. The highest BCUT2D eigenvalue weighted by Crippen LogP contribution is 2.34. The number of piperidine rings is 1. The first-order valence-corrected chi connectivity index (χ1v) is 8.73. The maximum Gasteiger partial charge on any atom is 0.135 e. The van der Waals surface area contributed by atoms with Gasteiger partial charge in [0, 0.05) is 37.2 Å². The van der Waals surface area contributed by atoms with Crippen molar-refractivity contribution in [3.8, 4) is 0 Å². The third kappa shape index (κ3) is 3.59. The molecule has 2 aromatic rings. The van der Waals surface area contributed by atoms with E-state index in [0.29, 0.717) is 5.92 Å². The highest BCUT2D eigenvalue weighted by molar-refractivity contribution is 5.40. The third-order valence-electron chi connectivity index (χ3n) is 4.83. The van der Waals surface area contributed by atoms with Crippen molar-refractivity contribution >= 4 is 5.82 Å². The molecule has 1 saturated heterocycles. The van der Waals surface area contributed by atoms with Crippen molar-refractivity contribution in [1.29, 1.82) is 0 Å². The number of hydrogen-bond acceptors (Lipinski definition) is 4. The van der Waals surface area contributed by atoms with E-state index in [1.54, 1.807) is 0 Å². The van der Waals surface area contributed by atoms with Gasteiger partial charge >= 0.3 is 0 Å². The fraction of sp³-hybridized carbons (Fsp3) is 0.500. The molecule has 0 amide bonds. The molecular weight excluding hydrogens is 298 g/mol. The number of nitrogens with zero attached hydrogens (tertiary/aromatic N) is 3. The smallest absolute Gasteiger partial charge is 0.135 e. The number of benzene rings is 1. The Balaban J connectivity index is 1.79. The molecule has 0 saturated carbocycles. The zero-order chi connectivity index (χ0) is 17.2. The molecule has 24 heavy (non-hydrogen) atoms. The van der Waals surface area contributed by atoms with Crippen LogP contribution in [-0.2, 0) is 5.41 Å². The predicted octanol–water partition coefficient (Wildman–Crippen LogP) is 3.38. The molecule has 1 aromatic carbocycles. The zero-order valence-electron chi connectivity index (χ0n) is 14.8. The van der Waals surface area contributed by atoms with Gasteiger partial charge in [0.1, 0.15) is 11.6 Å². The Kier molecular flexibility index (Phi) is 4.86. The lowest BCUT2D eigenvalue weighted by Crippen LogP contribution is -2.41. The maximum absolute atomic E-state index is 9.91. The normalized spacial score (nSPS) is 21.8. The summed E-state index contributed by atoms with van der Waals surface area (Å²) in [5.41, 5.74) is 1.27. The molecule has 1 aliphatic rings. The molecule has 0 bridgehead atoms. The van der Waals surface area contributed by atoms with Gasteiger partial charge < -0.3 is 10.0 Å². The average molecular weight is 325 g/mol. The maximum atomic E-state index is 9.91. The van der Waals surface area contributed by atoms with Crippen molar-refractivity contribution in [3.63, 3.8) is 0 Å². The lowest BCUT2D eigenvalue weighted by Gasteiger charge is -2.39. The Labute approximate surface area is 144 Å². The fourth-order valence-corrected chi connectivity index (χ4v) is 3.45. The van der Waals surface area contributed by atoms with Crippen LogP contribution in [0.1, 0.15) is 44.5 Å². The topological polar surface area (TPSA) is 49.2 Å². The van der Waals surface area contributed by atoms with E-state index in [-0.39, 0.29) is 17.9 Å². The quantitative estimate of drug-likeness (QED) is 0.940. The minimum absolute atomic E-state index is 0.0608. The summed E-state index contributed by atoms with van der Waals surface area (Å²) in [5, 5.41) is 9.91. The number of anilines is 1. The van der Waals surface area contributed by atoms with E-state index in [2.05, 4.69) is 54.9 Å². The summed E-state index contributed by atoms with van der Waals surface area (Å²) in [6.07, 6.45) is 2.88. The molecule has 2 atom stereocenters. The standard InChI is InChI=1S/C20H27N3O/c1-20(2,3)19-21-11-9-18(22-19)23-12-10-17(16(13-23)14-24)15-7-5-4-6-8-15/h4-9,11,16-17,24H,10,12-14H2,1-3H3/t16-,17+/m1/s1. The van der Waals surface area contributed by atoms with Crippen molar-refractivity contribution in [2.75, 3.05) is 24.6 Å². The van der Waals surface area contributed by atoms with Crippen molar-refractivity contribution in [1.82, 2.24) is 9.97 Å². The van der Waals surface area contributed by atoms with E-state index < -0.39 is 0 Å². The van der Waals surface area contributed by atoms with Gasteiger partial charge in [0.15, 0.2) is 0 Å². The van der Waals surface area contributed by atoms with Gasteiger partial charge in [-0.1, -0.05) is 51.1 Å². The van der Waals surface area contributed by atoms with Crippen molar-refractivity contribution < 1.29 is 5.11 Å². The van der Waals surface area contributed by atoms with E-state index >= 15 is 0 Å². The molecule has 1 fully saturated rings. The van der Waals surface area contributed by atoms with Gasteiger partial charge in [0.25, 0.3) is 0 Å². The average Bonchev–Trinajstić information content (AvgIpc) is 2.61. The van der Waals surface area contributed by atoms with Crippen LogP contribution < -0.4 is 4.90 Å². The van der Waals surface area contributed by atoms with Crippen LogP contribution >= 0.6 is 0 Å². The van der Waals surface area contributed by atoms with Crippen molar-refractivity contribution in [3.05, 3.63) is 54.0 Å². The largest absolute Gasteiger partial charge is 0.396 e. The van der Waals surface area contributed by atoms with E-state index in [0.717, 1.165) is 31.2 Å². The second kappa shape index (κ2) is 6.89. The molecule has 4 heteroatoms. The number of aliphatic hydroxyl groups is 1. The molecule has 4 nitrogen and oxygen atoms in total. The molecule has 3 rings (SSSR count). The molecule has 0 radical (unpaired) electrons. The van der Waals surface area contributed by atoms with Gasteiger partial charge in [0.2, 0.25) is 0 Å². The van der Waals surface area contributed by atoms with E-state index in [9.17, 15) is 5.11 Å². The Morgan fingerprint density at radius 3 is 2.58 bits per heavy atom. The van der Waals surface area contributed by atoms with Crippen molar-refractivity contribution in [2.45, 2.75) is 38.5 Å². The summed E-state index contributed by atoms with van der Waals surface area (Å²) < 4.78 is 0. The van der Waals surface area contributed by atoms with E-state index in [1.807, 2.05) is 18.3 Å². The first kappa shape index (κ1) is 16.9. The van der Waals surface area contributed by atoms with Crippen LogP contribution in [0.2, 0.25) is 0 Å². The number of hydrogen-bond donors (Lipinski definition) is 1. The van der Waals surface area contributed by atoms with E-state index in [1.165, 1.54) is 5.56 Å². The SMILES string of the molecule is CC(C)(C)c1nccc(N2CC[C@@H](c3ccccc3)[C@@H](CO)C2)n1. The second-order valence-corrected chi connectivity index (χ2v) is 7.68. The molecule has 128 valence electrons. The summed E-state index contributed by atoms with van der Waals surface area (Å²) in [6, 6.07) is 12.5. The monoisotopic (exact) mass is 325 g/mol. The first-order chi connectivity index (χ1) is 11.5. The third-order valence-corrected chi connectivity index (χ3v) is 4.83. The summed E-state index contributed by atoms with van der Waals surface area (Å²) >= 11 is 0. The van der Waals surface area contributed by atoms with Crippen LogP contribution in [0.15, 0.2) is 42.6 Å². The van der Waals surface area contributed by atoms with Gasteiger partial charge in [-0.25, -0.2) is 9.97 Å². The highest BCUT2D eigenvalue weighted by Gasteiger charge is 2.31. The van der Waals surface area contributed by atoms with Crippen LogP contribution in [0.5, 0.6) is 0 Å². The van der Waals surface area contributed by atoms with Gasteiger partial charge in [-0.2, -0.15) is 0 Å². The van der Waals surface area contributed by atoms with Crippen LogP contribution in [-0.4, -0.2) is 34.8 Å². The lowest BCUT2D eigenvalue weighted by molar-refractivity contribution is 0.189. The Morgan fingerprint density at radius 1 is 1.17 bits per heavy atom. The van der Waals surface area contributed by atoms with Crippen LogP contribution in [0, 0.1) is 5.92 Å².